The molecule has 1 aromatic carbocycles. The number of aryl methyl sites for hydroxylation is 1. The van der Waals surface area contributed by atoms with E-state index in [0.717, 1.165) is 37.8 Å². The Labute approximate surface area is 132 Å². The number of nitroso groups, excluding NO2 is 1. The molecule has 0 aliphatic carbocycles. The van der Waals surface area contributed by atoms with Crippen molar-refractivity contribution in [2.45, 2.75) is 25.8 Å². The summed E-state index contributed by atoms with van der Waals surface area (Å²) in [5.74, 6) is 0. The Bertz CT molecular complexity index is 517. The average Bonchev–Trinajstić information content (AvgIpc) is 2.56. The van der Waals surface area contributed by atoms with Crippen LogP contribution in [0.4, 0.5) is 11.4 Å². The third-order valence-electron chi connectivity index (χ3n) is 5.15. The fourth-order valence-corrected chi connectivity index (χ4v) is 3.74. The van der Waals surface area contributed by atoms with Gasteiger partial charge < -0.3 is 9.80 Å². The molecule has 120 valence electrons. The molecule has 1 aromatic rings. The van der Waals surface area contributed by atoms with Crippen LogP contribution in [0.5, 0.6) is 0 Å². The van der Waals surface area contributed by atoms with E-state index in [2.05, 4.69) is 33.8 Å². The second kappa shape index (κ2) is 6.75. The summed E-state index contributed by atoms with van der Waals surface area (Å²) in [7, 11) is 2.22. The van der Waals surface area contributed by atoms with Crippen molar-refractivity contribution < 1.29 is 0 Å². The number of likely N-dealkylation sites (tertiary alicyclic amines) is 1. The second-order valence-corrected chi connectivity index (χ2v) is 6.62. The third-order valence-corrected chi connectivity index (χ3v) is 5.15. The molecule has 5 heteroatoms. The number of hydrogen-bond donors (Lipinski definition) is 0. The first-order valence-electron chi connectivity index (χ1n) is 8.29. The van der Waals surface area contributed by atoms with Gasteiger partial charge in [-0.15, -0.1) is 4.91 Å². The van der Waals surface area contributed by atoms with Crippen LogP contribution in [0.2, 0.25) is 0 Å². The highest BCUT2D eigenvalue weighted by Gasteiger charge is 2.26. The summed E-state index contributed by atoms with van der Waals surface area (Å²) in [6.45, 7) is 8.94. The van der Waals surface area contributed by atoms with Crippen molar-refractivity contribution in [1.29, 1.82) is 0 Å². The topological polar surface area (TPSA) is 39.2 Å². The maximum atomic E-state index is 10.6. The quantitative estimate of drug-likeness (QED) is 0.805. The minimum absolute atomic E-state index is 0.520. The number of piperazine rings is 1. The molecular weight excluding hydrogens is 276 g/mol. The van der Waals surface area contributed by atoms with Crippen LogP contribution in [0, 0.1) is 11.8 Å². The maximum Gasteiger partial charge on any atom is 0.108 e. The number of piperidine rings is 1. The molecule has 0 amide bonds. The van der Waals surface area contributed by atoms with E-state index < -0.39 is 0 Å². The SMILES string of the molecule is Cc1cc(N=O)ccc1N1CCN(C2CCN(C)CC2)CC1. The molecule has 22 heavy (non-hydrogen) atoms. The molecule has 0 atom stereocenters. The van der Waals surface area contributed by atoms with Crippen molar-refractivity contribution in [3.8, 4) is 0 Å². The first-order chi connectivity index (χ1) is 10.7. The van der Waals surface area contributed by atoms with Crippen LogP contribution in [0.25, 0.3) is 0 Å². The van der Waals surface area contributed by atoms with E-state index in [1.165, 1.54) is 31.6 Å². The summed E-state index contributed by atoms with van der Waals surface area (Å²) in [4.78, 5) is 18.1. The van der Waals surface area contributed by atoms with Crippen LogP contribution in [0.15, 0.2) is 23.4 Å². The van der Waals surface area contributed by atoms with E-state index in [0.29, 0.717) is 5.69 Å². The normalized spacial score (nSPS) is 22.0. The van der Waals surface area contributed by atoms with Crippen LogP contribution < -0.4 is 4.90 Å². The standard InChI is InChI=1S/C17H26N4O/c1-14-13-15(18-22)3-4-17(14)21-11-9-20(10-12-21)16-5-7-19(2)8-6-16/h3-4,13,16H,5-12H2,1-2H3. The lowest BCUT2D eigenvalue weighted by Crippen LogP contribution is -2.53. The fraction of sp³-hybridized carbons (Fsp3) is 0.647. The predicted molar refractivity (Wildman–Crippen MR) is 90.9 cm³/mol. The van der Waals surface area contributed by atoms with Gasteiger partial charge in [0.2, 0.25) is 0 Å². The van der Waals surface area contributed by atoms with Crippen molar-refractivity contribution in [3.63, 3.8) is 0 Å². The van der Waals surface area contributed by atoms with Gasteiger partial charge in [-0.1, -0.05) is 0 Å². The molecule has 2 fully saturated rings. The van der Waals surface area contributed by atoms with Gasteiger partial charge in [0.05, 0.1) is 0 Å². The number of hydrogen-bond acceptors (Lipinski definition) is 5. The van der Waals surface area contributed by atoms with E-state index in [1.54, 1.807) is 0 Å². The van der Waals surface area contributed by atoms with Gasteiger partial charge >= 0.3 is 0 Å². The molecule has 2 saturated heterocycles. The molecular formula is C17H26N4O. The van der Waals surface area contributed by atoms with Gasteiger partial charge in [-0.3, -0.25) is 4.90 Å². The Balaban J connectivity index is 1.58. The van der Waals surface area contributed by atoms with Gasteiger partial charge in [0.15, 0.2) is 0 Å². The van der Waals surface area contributed by atoms with Gasteiger partial charge in [0, 0.05) is 37.9 Å². The Hall–Kier alpha value is -1.46. The van der Waals surface area contributed by atoms with Gasteiger partial charge in [0.25, 0.3) is 0 Å². The lowest BCUT2D eigenvalue weighted by atomic mass is 10.0. The molecule has 5 nitrogen and oxygen atoms in total. The van der Waals surface area contributed by atoms with Gasteiger partial charge in [-0.2, -0.15) is 0 Å². The van der Waals surface area contributed by atoms with Crippen LogP contribution in [-0.4, -0.2) is 62.2 Å². The van der Waals surface area contributed by atoms with Gasteiger partial charge in [-0.05, 0) is 68.8 Å². The molecule has 2 heterocycles. The zero-order valence-electron chi connectivity index (χ0n) is 13.7. The van der Waals surface area contributed by atoms with E-state index in [4.69, 9.17) is 0 Å². The summed E-state index contributed by atoms with van der Waals surface area (Å²) in [6, 6.07) is 6.50. The highest BCUT2D eigenvalue weighted by molar-refractivity contribution is 5.59. The molecule has 0 N–H and O–H groups in total. The predicted octanol–water partition coefficient (Wildman–Crippen LogP) is 2.61. The van der Waals surface area contributed by atoms with Crippen LogP contribution in [0.1, 0.15) is 18.4 Å². The lowest BCUT2D eigenvalue weighted by molar-refractivity contribution is 0.115. The monoisotopic (exact) mass is 302 g/mol. The minimum atomic E-state index is 0.520. The van der Waals surface area contributed by atoms with E-state index >= 15 is 0 Å². The molecule has 3 rings (SSSR count). The van der Waals surface area contributed by atoms with Crippen molar-refractivity contribution >= 4 is 11.4 Å². The Morgan fingerprint density at radius 2 is 1.73 bits per heavy atom. The average molecular weight is 302 g/mol. The molecule has 0 unspecified atom stereocenters. The summed E-state index contributed by atoms with van der Waals surface area (Å²) in [5, 5.41) is 3.02. The highest BCUT2D eigenvalue weighted by Crippen LogP contribution is 2.27. The molecule has 2 aliphatic rings. The molecule has 0 radical (unpaired) electrons. The summed E-state index contributed by atoms with van der Waals surface area (Å²) >= 11 is 0. The van der Waals surface area contributed by atoms with Crippen LogP contribution in [0.3, 0.4) is 0 Å². The fourth-order valence-electron chi connectivity index (χ4n) is 3.74. The molecule has 0 saturated carbocycles. The third kappa shape index (κ3) is 3.31. The molecule has 0 bridgehead atoms. The number of anilines is 1. The largest absolute Gasteiger partial charge is 0.369 e. The van der Waals surface area contributed by atoms with Crippen LogP contribution >= 0.6 is 0 Å². The van der Waals surface area contributed by atoms with Crippen molar-refractivity contribution in [1.82, 2.24) is 9.80 Å². The highest BCUT2D eigenvalue weighted by atomic mass is 16.3. The van der Waals surface area contributed by atoms with Gasteiger partial charge in [-0.25, -0.2) is 0 Å². The first-order valence-corrected chi connectivity index (χ1v) is 8.29. The minimum Gasteiger partial charge on any atom is -0.369 e. The zero-order chi connectivity index (χ0) is 15.5. The van der Waals surface area contributed by atoms with Crippen molar-refractivity contribution in [3.05, 3.63) is 28.7 Å². The number of rotatable bonds is 3. The van der Waals surface area contributed by atoms with Crippen molar-refractivity contribution in [2.24, 2.45) is 5.18 Å². The maximum absolute atomic E-state index is 10.6. The lowest BCUT2D eigenvalue weighted by Gasteiger charge is -2.43. The zero-order valence-corrected chi connectivity index (χ0v) is 13.7. The Morgan fingerprint density at radius 3 is 2.32 bits per heavy atom. The number of benzene rings is 1. The first kappa shape index (κ1) is 15.4. The molecule has 0 aromatic heterocycles. The van der Waals surface area contributed by atoms with E-state index in [-0.39, 0.29) is 0 Å². The van der Waals surface area contributed by atoms with E-state index in [1.807, 2.05) is 18.2 Å². The van der Waals surface area contributed by atoms with E-state index in [9.17, 15) is 4.91 Å². The summed E-state index contributed by atoms with van der Waals surface area (Å²) in [6.07, 6.45) is 2.60. The smallest absolute Gasteiger partial charge is 0.108 e. The molecule has 2 aliphatic heterocycles. The van der Waals surface area contributed by atoms with Gasteiger partial charge in [0.1, 0.15) is 5.69 Å². The van der Waals surface area contributed by atoms with Crippen molar-refractivity contribution in [2.75, 3.05) is 51.2 Å². The summed E-state index contributed by atoms with van der Waals surface area (Å²) < 4.78 is 0. The Kier molecular flexibility index (Phi) is 4.74. The Morgan fingerprint density at radius 1 is 1.05 bits per heavy atom. The second-order valence-electron chi connectivity index (χ2n) is 6.62. The molecule has 0 spiro atoms. The number of nitrogens with zero attached hydrogens (tertiary/aromatic N) is 4. The van der Waals surface area contributed by atoms with Crippen LogP contribution in [-0.2, 0) is 0 Å². The summed E-state index contributed by atoms with van der Waals surface area (Å²) in [5.41, 5.74) is 2.91.